The zero-order valence-corrected chi connectivity index (χ0v) is 9.79. The first-order chi connectivity index (χ1) is 7.40. The van der Waals surface area contributed by atoms with Crippen molar-refractivity contribution in [2.24, 2.45) is 0 Å². The monoisotopic (exact) mass is 259 g/mol. The van der Waals surface area contributed by atoms with Crippen LogP contribution in [0.1, 0.15) is 12.0 Å². The van der Waals surface area contributed by atoms with E-state index in [1.165, 1.54) is 0 Å². The van der Waals surface area contributed by atoms with E-state index in [4.69, 9.17) is 0 Å². The van der Waals surface area contributed by atoms with Crippen LogP contribution < -0.4 is 0 Å². The van der Waals surface area contributed by atoms with Crippen LogP contribution in [0.2, 0.25) is 0 Å². The maximum Gasteiger partial charge on any atom is 0.0714 e. The Bertz CT molecular complexity index is 523. The van der Waals surface area contributed by atoms with Crippen LogP contribution in [0, 0.1) is 11.8 Å². The zero-order valence-electron chi connectivity index (χ0n) is 8.20. The Labute approximate surface area is 97.7 Å². The standard InChI is InChI=1S/C13H10BrN/c14-8-2-1-4-11-6-7-12-5-3-9-15-13(12)10-11/h3,5-7,9-10H,2,8H2. The van der Waals surface area contributed by atoms with Gasteiger partial charge in [0.15, 0.2) is 0 Å². The molecule has 0 amide bonds. The van der Waals surface area contributed by atoms with Crippen molar-refractivity contribution >= 4 is 26.8 Å². The number of nitrogens with zero attached hydrogens (tertiary/aromatic N) is 1. The van der Waals surface area contributed by atoms with Crippen LogP contribution >= 0.6 is 15.9 Å². The SMILES string of the molecule is BrCCC#Cc1ccc2cccnc2c1. The summed E-state index contributed by atoms with van der Waals surface area (Å²) < 4.78 is 0. The Hall–Kier alpha value is -1.33. The number of hydrogen-bond donors (Lipinski definition) is 0. The summed E-state index contributed by atoms with van der Waals surface area (Å²) in [5.41, 5.74) is 2.03. The molecule has 0 unspecified atom stereocenters. The quantitative estimate of drug-likeness (QED) is 0.566. The highest BCUT2D eigenvalue weighted by Gasteiger charge is 1.93. The van der Waals surface area contributed by atoms with E-state index < -0.39 is 0 Å². The molecule has 1 aromatic heterocycles. The normalized spacial score (nSPS) is 9.67. The number of halogens is 1. The molecule has 0 aliphatic carbocycles. The topological polar surface area (TPSA) is 12.9 Å². The highest BCUT2D eigenvalue weighted by molar-refractivity contribution is 9.09. The van der Waals surface area contributed by atoms with Crippen LogP contribution in [-0.2, 0) is 0 Å². The largest absolute Gasteiger partial charge is 0.256 e. The van der Waals surface area contributed by atoms with Gasteiger partial charge in [-0.1, -0.05) is 39.9 Å². The van der Waals surface area contributed by atoms with Crippen molar-refractivity contribution in [2.75, 3.05) is 5.33 Å². The third kappa shape index (κ3) is 2.57. The van der Waals surface area contributed by atoms with E-state index in [1.807, 2.05) is 18.2 Å². The van der Waals surface area contributed by atoms with Gasteiger partial charge in [0.25, 0.3) is 0 Å². The van der Waals surface area contributed by atoms with Crippen molar-refractivity contribution in [3.63, 3.8) is 0 Å². The second-order valence-corrected chi connectivity index (χ2v) is 3.94. The van der Waals surface area contributed by atoms with Crippen molar-refractivity contribution in [1.82, 2.24) is 4.98 Å². The molecule has 0 N–H and O–H groups in total. The number of alkyl halides is 1. The van der Waals surface area contributed by atoms with Crippen molar-refractivity contribution in [2.45, 2.75) is 6.42 Å². The fourth-order valence-corrected chi connectivity index (χ4v) is 1.55. The van der Waals surface area contributed by atoms with E-state index >= 15 is 0 Å². The van der Waals surface area contributed by atoms with E-state index in [0.717, 1.165) is 28.2 Å². The van der Waals surface area contributed by atoms with Crippen molar-refractivity contribution in [3.05, 3.63) is 42.1 Å². The Morgan fingerprint density at radius 1 is 1.27 bits per heavy atom. The molecule has 0 atom stereocenters. The molecule has 1 heterocycles. The summed E-state index contributed by atoms with van der Waals surface area (Å²) >= 11 is 3.35. The minimum Gasteiger partial charge on any atom is -0.256 e. The van der Waals surface area contributed by atoms with Gasteiger partial charge >= 0.3 is 0 Å². The molecule has 0 spiro atoms. The van der Waals surface area contributed by atoms with Gasteiger partial charge in [0.2, 0.25) is 0 Å². The Morgan fingerprint density at radius 2 is 2.20 bits per heavy atom. The molecule has 0 saturated heterocycles. The van der Waals surface area contributed by atoms with Gasteiger partial charge in [-0.05, 0) is 18.2 Å². The lowest BCUT2D eigenvalue weighted by Gasteiger charge is -1.96. The predicted octanol–water partition coefficient (Wildman–Crippen LogP) is 3.37. The van der Waals surface area contributed by atoms with E-state index in [-0.39, 0.29) is 0 Å². The number of benzene rings is 1. The number of hydrogen-bond acceptors (Lipinski definition) is 1. The lowest BCUT2D eigenvalue weighted by atomic mass is 10.1. The summed E-state index contributed by atoms with van der Waals surface area (Å²) in [5, 5.41) is 2.08. The Kier molecular flexibility index (Phi) is 3.37. The van der Waals surface area contributed by atoms with Crippen LogP contribution in [0.3, 0.4) is 0 Å². The van der Waals surface area contributed by atoms with Crippen LogP contribution in [0.25, 0.3) is 10.9 Å². The van der Waals surface area contributed by atoms with Gasteiger partial charge in [-0.3, -0.25) is 4.98 Å². The van der Waals surface area contributed by atoms with E-state index in [0.29, 0.717) is 0 Å². The zero-order chi connectivity index (χ0) is 10.5. The molecule has 0 saturated carbocycles. The van der Waals surface area contributed by atoms with Crippen molar-refractivity contribution < 1.29 is 0 Å². The van der Waals surface area contributed by atoms with Crippen molar-refractivity contribution in [1.29, 1.82) is 0 Å². The molecule has 2 rings (SSSR count). The fourth-order valence-electron chi connectivity index (χ4n) is 1.36. The number of fused-ring (bicyclic) bond motifs is 1. The van der Waals surface area contributed by atoms with E-state index in [1.54, 1.807) is 6.20 Å². The number of pyridine rings is 1. The average Bonchev–Trinajstić information content (AvgIpc) is 2.29. The van der Waals surface area contributed by atoms with Gasteiger partial charge in [-0.25, -0.2) is 0 Å². The van der Waals surface area contributed by atoms with Gasteiger partial charge in [-0.15, -0.1) is 0 Å². The molecule has 0 aliphatic rings. The molecule has 0 radical (unpaired) electrons. The molecular weight excluding hydrogens is 250 g/mol. The Balaban J connectivity index is 2.36. The lowest BCUT2D eigenvalue weighted by Crippen LogP contribution is -1.80. The van der Waals surface area contributed by atoms with Gasteiger partial charge < -0.3 is 0 Å². The summed E-state index contributed by atoms with van der Waals surface area (Å²) in [5.74, 6) is 6.21. The van der Waals surface area contributed by atoms with Gasteiger partial charge in [0.05, 0.1) is 5.52 Å². The number of rotatable bonds is 1. The average molecular weight is 260 g/mol. The van der Waals surface area contributed by atoms with Crippen LogP contribution in [0.5, 0.6) is 0 Å². The second kappa shape index (κ2) is 4.95. The van der Waals surface area contributed by atoms with E-state index in [2.05, 4.69) is 44.9 Å². The molecule has 15 heavy (non-hydrogen) atoms. The molecule has 2 aromatic rings. The van der Waals surface area contributed by atoms with Gasteiger partial charge in [-0.2, -0.15) is 0 Å². The summed E-state index contributed by atoms with van der Waals surface area (Å²) in [6.07, 6.45) is 2.68. The highest BCUT2D eigenvalue weighted by atomic mass is 79.9. The first-order valence-corrected chi connectivity index (χ1v) is 5.92. The summed E-state index contributed by atoms with van der Waals surface area (Å²) in [7, 11) is 0. The first-order valence-electron chi connectivity index (χ1n) is 4.80. The lowest BCUT2D eigenvalue weighted by molar-refractivity contribution is 1.32. The molecule has 74 valence electrons. The van der Waals surface area contributed by atoms with Crippen LogP contribution in [0.4, 0.5) is 0 Å². The molecule has 2 heteroatoms. The maximum atomic E-state index is 4.29. The van der Waals surface area contributed by atoms with Crippen LogP contribution in [-0.4, -0.2) is 10.3 Å². The second-order valence-electron chi connectivity index (χ2n) is 3.15. The molecule has 0 bridgehead atoms. The summed E-state index contributed by atoms with van der Waals surface area (Å²) in [6.45, 7) is 0. The van der Waals surface area contributed by atoms with Crippen LogP contribution in [0.15, 0.2) is 36.5 Å². The smallest absolute Gasteiger partial charge is 0.0714 e. The third-order valence-corrected chi connectivity index (χ3v) is 2.45. The summed E-state index contributed by atoms with van der Waals surface area (Å²) in [6, 6.07) is 10.1. The maximum absolute atomic E-state index is 4.29. The van der Waals surface area contributed by atoms with Crippen molar-refractivity contribution in [3.8, 4) is 11.8 Å². The summed E-state index contributed by atoms with van der Waals surface area (Å²) in [4.78, 5) is 4.29. The minimum atomic E-state index is 0.875. The van der Waals surface area contributed by atoms with Gasteiger partial charge in [0.1, 0.15) is 0 Å². The highest BCUT2D eigenvalue weighted by Crippen LogP contribution is 2.12. The molecule has 1 aromatic carbocycles. The molecule has 1 nitrogen and oxygen atoms in total. The predicted molar refractivity (Wildman–Crippen MR) is 67.0 cm³/mol. The first kappa shape index (κ1) is 10.2. The van der Waals surface area contributed by atoms with E-state index in [9.17, 15) is 0 Å². The van der Waals surface area contributed by atoms with Gasteiger partial charge in [0, 0.05) is 28.9 Å². The number of aromatic nitrogens is 1. The Morgan fingerprint density at radius 3 is 3.07 bits per heavy atom. The molecule has 0 fully saturated rings. The third-order valence-electron chi connectivity index (χ3n) is 2.06. The minimum absolute atomic E-state index is 0.875. The molecule has 0 aliphatic heterocycles. The molecular formula is C13H10BrN. The fraction of sp³-hybridized carbons (Fsp3) is 0.154.